The summed E-state index contributed by atoms with van der Waals surface area (Å²) < 4.78 is 0. The van der Waals surface area contributed by atoms with Crippen molar-refractivity contribution in [1.82, 2.24) is 5.32 Å². The third-order valence-corrected chi connectivity index (χ3v) is 3.40. The maximum Gasteiger partial charge on any atom is 0.223 e. The van der Waals surface area contributed by atoms with E-state index in [2.05, 4.69) is 26.1 Å². The van der Waals surface area contributed by atoms with Gasteiger partial charge in [0.1, 0.15) is 0 Å². The van der Waals surface area contributed by atoms with Crippen LogP contribution in [0.25, 0.3) is 0 Å². The zero-order chi connectivity index (χ0) is 10.6. The lowest BCUT2D eigenvalue weighted by molar-refractivity contribution is -0.125. The molecule has 1 aliphatic carbocycles. The van der Waals surface area contributed by atoms with Gasteiger partial charge in [-0.15, -0.1) is 0 Å². The molecule has 0 heterocycles. The molecular weight excluding hydrogens is 174 g/mol. The predicted molar refractivity (Wildman–Crippen MR) is 59.0 cm³/mol. The highest BCUT2D eigenvalue weighted by Gasteiger charge is 2.24. The van der Waals surface area contributed by atoms with Gasteiger partial charge in [-0.1, -0.05) is 20.8 Å². The monoisotopic (exact) mass is 197 g/mol. The molecule has 1 aliphatic rings. The number of nitrogens with one attached hydrogen (secondary N) is 1. The van der Waals surface area contributed by atoms with Crippen molar-refractivity contribution in [2.24, 2.45) is 11.8 Å². The van der Waals surface area contributed by atoms with Crippen molar-refractivity contribution < 1.29 is 4.79 Å². The maximum absolute atomic E-state index is 11.8. The quantitative estimate of drug-likeness (QED) is 0.737. The summed E-state index contributed by atoms with van der Waals surface area (Å²) in [7, 11) is 0. The average molecular weight is 197 g/mol. The largest absolute Gasteiger partial charge is 0.353 e. The van der Waals surface area contributed by atoms with Crippen molar-refractivity contribution in [2.45, 2.75) is 58.9 Å². The predicted octanol–water partition coefficient (Wildman–Crippen LogP) is 2.73. The summed E-state index contributed by atoms with van der Waals surface area (Å²) in [6.45, 7) is 6.44. The summed E-state index contributed by atoms with van der Waals surface area (Å²) >= 11 is 0. The van der Waals surface area contributed by atoms with E-state index in [1.165, 1.54) is 19.3 Å². The van der Waals surface area contributed by atoms with Gasteiger partial charge in [0, 0.05) is 12.0 Å². The second-order valence-corrected chi connectivity index (χ2v) is 4.64. The van der Waals surface area contributed by atoms with E-state index in [0.717, 1.165) is 18.8 Å². The van der Waals surface area contributed by atoms with E-state index in [-0.39, 0.29) is 11.8 Å². The molecule has 0 aromatic heterocycles. The summed E-state index contributed by atoms with van der Waals surface area (Å²) in [5, 5.41) is 3.17. The first-order valence-corrected chi connectivity index (χ1v) is 5.97. The molecule has 14 heavy (non-hydrogen) atoms. The van der Waals surface area contributed by atoms with Crippen molar-refractivity contribution in [3.05, 3.63) is 0 Å². The third kappa shape index (κ3) is 3.00. The lowest BCUT2D eigenvalue weighted by Crippen LogP contribution is -2.37. The van der Waals surface area contributed by atoms with Crippen molar-refractivity contribution in [2.75, 3.05) is 0 Å². The van der Waals surface area contributed by atoms with Gasteiger partial charge in [0.15, 0.2) is 0 Å². The Morgan fingerprint density at radius 3 is 2.43 bits per heavy atom. The Morgan fingerprint density at radius 2 is 2.00 bits per heavy atom. The van der Waals surface area contributed by atoms with Crippen LogP contribution in [0, 0.1) is 11.8 Å². The first-order valence-electron chi connectivity index (χ1n) is 5.97. The summed E-state index contributed by atoms with van der Waals surface area (Å²) in [4.78, 5) is 11.8. The minimum Gasteiger partial charge on any atom is -0.353 e. The Hall–Kier alpha value is -0.530. The molecule has 2 atom stereocenters. The van der Waals surface area contributed by atoms with Crippen LogP contribution in [0.15, 0.2) is 0 Å². The Kier molecular flexibility index (Phi) is 4.43. The van der Waals surface area contributed by atoms with Gasteiger partial charge in [0.05, 0.1) is 0 Å². The van der Waals surface area contributed by atoms with Gasteiger partial charge in [-0.05, 0) is 38.0 Å². The van der Waals surface area contributed by atoms with Gasteiger partial charge >= 0.3 is 0 Å². The van der Waals surface area contributed by atoms with Crippen molar-refractivity contribution in [3.8, 4) is 0 Å². The van der Waals surface area contributed by atoms with E-state index in [4.69, 9.17) is 0 Å². The fourth-order valence-corrected chi connectivity index (χ4v) is 2.32. The Morgan fingerprint density at radius 1 is 1.36 bits per heavy atom. The highest BCUT2D eigenvalue weighted by molar-refractivity contribution is 5.78. The SMILES string of the molecule is CCC(CC)C(=O)NC1CCC(C)C1. The molecule has 1 rings (SSSR count). The zero-order valence-corrected chi connectivity index (χ0v) is 9.68. The minimum atomic E-state index is 0.228. The van der Waals surface area contributed by atoms with E-state index >= 15 is 0 Å². The Balaban J connectivity index is 2.32. The molecule has 0 aromatic rings. The number of carbonyl (C=O) groups is 1. The lowest BCUT2D eigenvalue weighted by atomic mass is 10.0. The highest BCUT2D eigenvalue weighted by atomic mass is 16.1. The molecule has 0 radical (unpaired) electrons. The Labute approximate surface area is 87.5 Å². The van der Waals surface area contributed by atoms with Gasteiger partial charge < -0.3 is 5.32 Å². The van der Waals surface area contributed by atoms with E-state index in [9.17, 15) is 4.79 Å². The highest BCUT2D eigenvalue weighted by Crippen LogP contribution is 2.25. The van der Waals surface area contributed by atoms with Gasteiger partial charge in [0.25, 0.3) is 0 Å². The molecule has 2 nitrogen and oxygen atoms in total. The van der Waals surface area contributed by atoms with Gasteiger partial charge in [-0.3, -0.25) is 4.79 Å². The first-order chi connectivity index (χ1) is 6.67. The molecule has 1 saturated carbocycles. The summed E-state index contributed by atoms with van der Waals surface area (Å²) in [6, 6.07) is 0.457. The summed E-state index contributed by atoms with van der Waals surface area (Å²) in [5.74, 6) is 1.29. The molecular formula is C12H23NO. The number of amides is 1. The topological polar surface area (TPSA) is 29.1 Å². The van der Waals surface area contributed by atoms with E-state index in [1.807, 2.05) is 0 Å². The number of hydrogen-bond donors (Lipinski definition) is 1. The van der Waals surface area contributed by atoms with Gasteiger partial charge in [0.2, 0.25) is 5.91 Å². The normalized spacial score (nSPS) is 26.9. The van der Waals surface area contributed by atoms with Gasteiger partial charge in [-0.25, -0.2) is 0 Å². The number of hydrogen-bond acceptors (Lipinski definition) is 1. The fraction of sp³-hybridized carbons (Fsp3) is 0.917. The van der Waals surface area contributed by atoms with Crippen LogP contribution in [0.4, 0.5) is 0 Å². The number of carbonyl (C=O) groups excluding carboxylic acids is 1. The van der Waals surface area contributed by atoms with Crippen LogP contribution < -0.4 is 5.32 Å². The molecule has 1 N–H and O–H groups in total. The first kappa shape index (κ1) is 11.5. The van der Waals surface area contributed by atoms with Crippen molar-refractivity contribution in [3.63, 3.8) is 0 Å². The fourth-order valence-electron chi connectivity index (χ4n) is 2.32. The number of rotatable bonds is 4. The standard InChI is InChI=1S/C12H23NO/c1-4-10(5-2)12(14)13-11-7-6-9(3)8-11/h9-11H,4-8H2,1-3H3,(H,13,14). The average Bonchev–Trinajstić information content (AvgIpc) is 2.53. The molecule has 0 saturated heterocycles. The second kappa shape index (κ2) is 5.38. The zero-order valence-electron chi connectivity index (χ0n) is 9.68. The van der Waals surface area contributed by atoms with E-state index < -0.39 is 0 Å². The lowest BCUT2D eigenvalue weighted by Gasteiger charge is -2.17. The molecule has 1 fully saturated rings. The Bertz CT molecular complexity index is 187. The summed E-state index contributed by atoms with van der Waals surface area (Å²) in [5.41, 5.74) is 0. The van der Waals surface area contributed by atoms with Crippen molar-refractivity contribution in [1.29, 1.82) is 0 Å². The second-order valence-electron chi connectivity index (χ2n) is 4.64. The van der Waals surface area contributed by atoms with Crippen LogP contribution >= 0.6 is 0 Å². The van der Waals surface area contributed by atoms with Crippen LogP contribution in [0.3, 0.4) is 0 Å². The maximum atomic E-state index is 11.8. The van der Waals surface area contributed by atoms with Crippen LogP contribution in [0.5, 0.6) is 0 Å². The van der Waals surface area contributed by atoms with E-state index in [1.54, 1.807) is 0 Å². The van der Waals surface area contributed by atoms with E-state index in [0.29, 0.717) is 6.04 Å². The molecule has 0 bridgehead atoms. The van der Waals surface area contributed by atoms with Crippen LogP contribution in [-0.4, -0.2) is 11.9 Å². The molecule has 2 unspecified atom stereocenters. The molecule has 82 valence electrons. The molecule has 0 aromatic carbocycles. The molecule has 0 spiro atoms. The third-order valence-electron chi connectivity index (χ3n) is 3.40. The van der Waals surface area contributed by atoms with Crippen LogP contribution in [0.1, 0.15) is 52.9 Å². The van der Waals surface area contributed by atoms with Crippen LogP contribution in [0.2, 0.25) is 0 Å². The van der Waals surface area contributed by atoms with Crippen molar-refractivity contribution >= 4 is 5.91 Å². The molecule has 0 aliphatic heterocycles. The smallest absolute Gasteiger partial charge is 0.223 e. The molecule has 2 heteroatoms. The minimum absolute atomic E-state index is 0.228. The van der Waals surface area contributed by atoms with Crippen LogP contribution in [-0.2, 0) is 4.79 Å². The van der Waals surface area contributed by atoms with Gasteiger partial charge in [-0.2, -0.15) is 0 Å². The molecule has 1 amide bonds. The summed E-state index contributed by atoms with van der Waals surface area (Å²) in [6.07, 6.45) is 5.54.